The van der Waals surface area contributed by atoms with Gasteiger partial charge in [0.15, 0.2) is 0 Å². The van der Waals surface area contributed by atoms with Gasteiger partial charge in [-0.1, -0.05) is 60.7 Å². The van der Waals surface area contributed by atoms with Crippen LogP contribution in [0.2, 0.25) is 0 Å². The predicted molar refractivity (Wildman–Crippen MR) is 115 cm³/mol. The fraction of sp³-hybridized carbons (Fsp3) is 0.360. The standard InChI is InChI=1S/C25H30N2/c1-27(2)25(22-11-4-3-5-12-22)17-15-20(16-18-25)9-8-10-21-19-26-24-14-7-6-13-23(21)24/h3-9,11-14,19-20,26H,10,15-18H2,1-2H3. The van der Waals surface area contributed by atoms with Gasteiger partial charge in [-0.2, -0.15) is 0 Å². The van der Waals surface area contributed by atoms with E-state index < -0.39 is 0 Å². The SMILES string of the molecule is CN(C)C1(c2ccccc2)CCC(C=CCc2c[nH]c3ccccc23)CC1. The van der Waals surface area contributed by atoms with Crippen LogP contribution >= 0.6 is 0 Å². The number of fused-ring (bicyclic) bond motifs is 1. The molecule has 1 heterocycles. The van der Waals surface area contributed by atoms with Crippen molar-refractivity contribution >= 4 is 10.9 Å². The molecular weight excluding hydrogens is 328 g/mol. The number of hydrogen-bond acceptors (Lipinski definition) is 1. The molecule has 0 radical (unpaired) electrons. The molecule has 27 heavy (non-hydrogen) atoms. The number of H-pyrrole nitrogens is 1. The van der Waals surface area contributed by atoms with Gasteiger partial charge in [-0.25, -0.2) is 0 Å². The normalized spacial score (nSPS) is 23.4. The molecule has 0 atom stereocenters. The van der Waals surface area contributed by atoms with Crippen LogP contribution in [-0.2, 0) is 12.0 Å². The third kappa shape index (κ3) is 3.59. The third-order valence-corrected chi connectivity index (χ3v) is 6.45. The Hall–Kier alpha value is -2.32. The quantitative estimate of drug-likeness (QED) is 0.561. The summed E-state index contributed by atoms with van der Waals surface area (Å²) >= 11 is 0. The van der Waals surface area contributed by atoms with Crippen molar-refractivity contribution in [1.29, 1.82) is 0 Å². The number of nitrogens with one attached hydrogen (secondary N) is 1. The summed E-state index contributed by atoms with van der Waals surface area (Å²) in [4.78, 5) is 5.82. The van der Waals surface area contributed by atoms with Gasteiger partial charge in [-0.3, -0.25) is 4.90 Å². The van der Waals surface area contributed by atoms with Gasteiger partial charge >= 0.3 is 0 Å². The molecule has 0 aliphatic heterocycles. The molecule has 1 fully saturated rings. The fourth-order valence-electron chi connectivity index (χ4n) is 4.74. The van der Waals surface area contributed by atoms with Crippen molar-refractivity contribution in [1.82, 2.24) is 9.88 Å². The van der Waals surface area contributed by atoms with Crippen LogP contribution in [0.5, 0.6) is 0 Å². The van der Waals surface area contributed by atoms with Crippen molar-refractivity contribution in [2.24, 2.45) is 5.92 Å². The predicted octanol–water partition coefficient (Wildman–Crippen LogP) is 5.91. The van der Waals surface area contributed by atoms with Crippen LogP contribution in [0.4, 0.5) is 0 Å². The van der Waals surface area contributed by atoms with Crippen LogP contribution in [-0.4, -0.2) is 24.0 Å². The Kier molecular flexibility index (Phi) is 5.18. The Bertz CT molecular complexity index is 896. The van der Waals surface area contributed by atoms with Crippen LogP contribution in [0, 0.1) is 5.92 Å². The molecular formula is C25H30N2. The number of hydrogen-bond donors (Lipinski definition) is 1. The van der Waals surface area contributed by atoms with Gasteiger partial charge in [0, 0.05) is 22.6 Å². The lowest BCUT2D eigenvalue weighted by Gasteiger charge is -2.45. The van der Waals surface area contributed by atoms with Crippen molar-refractivity contribution in [3.8, 4) is 0 Å². The number of rotatable bonds is 5. The Balaban J connectivity index is 1.41. The van der Waals surface area contributed by atoms with Gasteiger partial charge in [-0.15, -0.1) is 0 Å². The molecule has 3 aromatic rings. The van der Waals surface area contributed by atoms with E-state index in [2.05, 4.69) is 96.9 Å². The fourth-order valence-corrected chi connectivity index (χ4v) is 4.74. The number of nitrogens with zero attached hydrogens (tertiary/aromatic N) is 1. The van der Waals surface area contributed by atoms with Crippen molar-refractivity contribution < 1.29 is 0 Å². The zero-order valence-corrected chi connectivity index (χ0v) is 16.5. The van der Waals surface area contributed by atoms with Crippen molar-refractivity contribution in [2.75, 3.05) is 14.1 Å². The molecule has 1 aliphatic carbocycles. The highest BCUT2D eigenvalue weighted by molar-refractivity contribution is 5.83. The van der Waals surface area contributed by atoms with Crippen LogP contribution in [0.3, 0.4) is 0 Å². The van der Waals surface area contributed by atoms with Crippen LogP contribution in [0.25, 0.3) is 10.9 Å². The maximum absolute atomic E-state index is 3.38. The van der Waals surface area contributed by atoms with Gasteiger partial charge in [0.25, 0.3) is 0 Å². The van der Waals surface area contributed by atoms with E-state index in [0.29, 0.717) is 5.92 Å². The zero-order valence-electron chi connectivity index (χ0n) is 16.5. The van der Waals surface area contributed by atoms with Crippen molar-refractivity contribution in [3.63, 3.8) is 0 Å². The molecule has 2 heteroatoms. The number of allylic oxidation sites excluding steroid dienone is 2. The Morgan fingerprint density at radius 3 is 2.44 bits per heavy atom. The first-order valence-electron chi connectivity index (χ1n) is 10.1. The smallest absolute Gasteiger partial charge is 0.0456 e. The maximum Gasteiger partial charge on any atom is 0.0456 e. The van der Waals surface area contributed by atoms with Crippen LogP contribution < -0.4 is 0 Å². The van der Waals surface area contributed by atoms with E-state index in [0.717, 1.165) is 6.42 Å². The van der Waals surface area contributed by atoms with E-state index in [1.807, 2.05) is 0 Å². The Labute approximate surface area is 162 Å². The topological polar surface area (TPSA) is 19.0 Å². The highest BCUT2D eigenvalue weighted by Gasteiger charge is 2.37. The minimum atomic E-state index is 0.197. The summed E-state index contributed by atoms with van der Waals surface area (Å²) in [6.45, 7) is 0. The third-order valence-electron chi connectivity index (χ3n) is 6.45. The second-order valence-electron chi connectivity index (χ2n) is 8.12. The Morgan fingerprint density at radius 2 is 1.70 bits per heavy atom. The molecule has 140 valence electrons. The molecule has 1 aliphatic rings. The minimum absolute atomic E-state index is 0.197. The van der Waals surface area contributed by atoms with E-state index in [9.17, 15) is 0 Å². The molecule has 0 unspecified atom stereocenters. The number of para-hydroxylation sites is 1. The van der Waals surface area contributed by atoms with Gasteiger partial charge in [0.2, 0.25) is 0 Å². The lowest BCUT2D eigenvalue weighted by molar-refractivity contribution is 0.0861. The summed E-state index contributed by atoms with van der Waals surface area (Å²) in [7, 11) is 4.47. The highest BCUT2D eigenvalue weighted by atomic mass is 15.1. The highest BCUT2D eigenvalue weighted by Crippen LogP contribution is 2.43. The maximum atomic E-state index is 3.38. The monoisotopic (exact) mass is 358 g/mol. The molecule has 2 aromatic carbocycles. The van der Waals surface area contributed by atoms with E-state index in [4.69, 9.17) is 0 Å². The lowest BCUT2D eigenvalue weighted by atomic mass is 9.72. The second-order valence-corrected chi connectivity index (χ2v) is 8.12. The van der Waals surface area contributed by atoms with E-state index in [1.54, 1.807) is 0 Å². The number of aromatic amines is 1. The van der Waals surface area contributed by atoms with Gasteiger partial charge in [0.05, 0.1) is 0 Å². The summed E-state index contributed by atoms with van der Waals surface area (Å²) in [6.07, 6.45) is 13.0. The molecule has 1 aromatic heterocycles. The van der Waals surface area contributed by atoms with Gasteiger partial charge < -0.3 is 4.98 Å². The first-order chi connectivity index (χ1) is 13.2. The average Bonchev–Trinajstić information content (AvgIpc) is 3.12. The molecule has 0 amide bonds. The minimum Gasteiger partial charge on any atom is -0.361 e. The van der Waals surface area contributed by atoms with E-state index in [1.165, 1.54) is 47.7 Å². The largest absolute Gasteiger partial charge is 0.361 e. The van der Waals surface area contributed by atoms with E-state index >= 15 is 0 Å². The average molecular weight is 359 g/mol. The summed E-state index contributed by atoms with van der Waals surface area (Å²) in [6, 6.07) is 19.6. The van der Waals surface area contributed by atoms with Crippen LogP contribution in [0.15, 0.2) is 72.9 Å². The van der Waals surface area contributed by atoms with Crippen molar-refractivity contribution in [2.45, 2.75) is 37.6 Å². The van der Waals surface area contributed by atoms with Gasteiger partial charge in [-0.05, 0) is 69.3 Å². The zero-order chi connectivity index (χ0) is 18.7. The second kappa shape index (κ2) is 7.74. The number of benzene rings is 2. The Morgan fingerprint density at radius 1 is 1.00 bits per heavy atom. The molecule has 1 saturated carbocycles. The van der Waals surface area contributed by atoms with Crippen LogP contribution in [0.1, 0.15) is 36.8 Å². The van der Waals surface area contributed by atoms with Gasteiger partial charge in [0.1, 0.15) is 0 Å². The number of aromatic nitrogens is 1. The molecule has 4 rings (SSSR count). The first kappa shape index (κ1) is 18.1. The molecule has 0 spiro atoms. The van der Waals surface area contributed by atoms with E-state index in [-0.39, 0.29) is 5.54 Å². The summed E-state index contributed by atoms with van der Waals surface area (Å²) < 4.78 is 0. The lowest BCUT2D eigenvalue weighted by Crippen LogP contribution is -2.44. The molecule has 1 N–H and O–H groups in total. The van der Waals surface area contributed by atoms with Crippen molar-refractivity contribution in [3.05, 3.63) is 84.1 Å². The summed E-state index contributed by atoms with van der Waals surface area (Å²) in [5.74, 6) is 0.701. The molecule has 0 bridgehead atoms. The molecule has 2 nitrogen and oxygen atoms in total. The molecule has 0 saturated heterocycles. The summed E-state index contributed by atoms with van der Waals surface area (Å²) in [5, 5.41) is 1.35. The summed E-state index contributed by atoms with van der Waals surface area (Å²) in [5.41, 5.74) is 4.29. The first-order valence-corrected chi connectivity index (χ1v) is 10.1.